The van der Waals surface area contributed by atoms with E-state index in [0.29, 0.717) is 13.2 Å². The van der Waals surface area contributed by atoms with Crippen LogP contribution in [0.2, 0.25) is 0 Å². The molecule has 0 spiro atoms. The van der Waals surface area contributed by atoms with Gasteiger partial charge in [-0.15, -0.1) is 0 Å². The first-order valence-corrected chi connectivity index (χ1v) is 6.51. The maximum absolute atomic E-state index is 12.3. The van der Waals surface area contributed by atoms with Crippen LogP contribution < -0.4 is 0 Å². The van der Waals surface area contributed by atoms with Crippen LogP contribution in [0.3, 0.4) is 0 Å². The van der Waals surface area contributed by atoms with Gasteiger partial charge in [0.15, 0.2) is 0 Å². The summed E-state index contributed by atoms with van der Waals surface area (Å²) < 4.78 is 44.1. The smallest absolute Gasteiger partial charge is 0.374 e. The van der Waals surface area contributed by atoms with Gasteiger partial charge >= 0.3 is 6.18 Å². The Kier molecular flexibility index (Phi) is 4.49. The molecule has 0 aromatic carbocycles. The highest BCUT2D eigenvalue weighted by Crippen LogP contribution is 2.21. The van der Waals surface area contributed by atoms with Gasteiger partial charge in [-0.1, -0.05) is 6.92 Å². The number of aromatic nitrogens is 1. The highest BCUT2D eigenvalue weighted by Gasteiger charge is 2.39. The number of alkyl halides is 3. The molecule has 7 heteroatoms. The minimum atomic E-state index is -4.83. The second kappa shape index (κ2) is 5.97. The summed E-state index contributed by atoms with van der Waals surface area (Å²) in [4.78, 5) is 13.3. The maximum atomic E-state index is 12.3. The molecule has 1 unspecified atom stereocenters. The molecule has 0 amide bonds. The SMILES string of the molecule is CCN1CCOC(Cn2ccc(C(=O)C(F)(F)F)c2)C1. The second-order valence-corrected chi connectivity index (χ2v) is 4.81. The molecule has 1 aliphatic heterocycles. The van der Waals surface area contributed by atoms with E-state index < -0.39 is 12.0 Å². The minimum Gasteiger partial charge on any atom is -0.374 e. The van der Waals surface area contributed by atoms with Crippen molar-refractivity contribution < 1.29 is 22.7 Å². The van der Waals surface area contributed by atoms with Crippen LogP contribution in [0.25, 0.3) is 0 Å². The number of hydrogen-bond donors (Lipinski definition) is 0. The molecule has 2 heterocycles. The van der Waals surface area contributed by atoms with Gasteiger partial charge in [0.2, 0.25) is 0 Å². The number of carbonyl (C=O) groups is 1. The number of likely N-dealkylation sites (N-methyl/N-ethyl adjacent to an activating group) is 1. The summed E-state index contributed by atoms with van der Waals surface area (Å²) in [6.45, 7) is 5.66. The lowest BCUT2D eigenvalue weighted by Gasteiger charge is -2.32. The van der Waals surface area contributed by atoms with Crippen LogP contribution in [0.5, 0.6) is 0 Å². The Balaban J connectivity index is 1.98. The number of halogens is 3. The van der Waals surface area contributed by atoms with Gasteiger partial charge in [0.25, 0.3) is 5.78 Å². The molecule has 0 radical (unpaired) electrons. The van der Waals surface area contributed by atoms with E-state index in [-0.39, 0.29) is 11.7 Å². The maximum Gasteiger partial charge on any atom is 0.454 e. The summed E-state index contributed by atoms with van der Waals surface area (Å²) in [5.74, 6) is -1.81. The fraction of sp³-hybridized carbons (Fsp3) is 0.615. The fourth-order valence-corrected chi connectivity index (χ4v) is 2.27. The van der Waals surface area contributed by atoms with Crippen LogP contribution >= 0.6 is 0 Å². The highest BCUT2D eigenvalue weighted by atomic mass is 19.4. The van der Waals surface area contributed by atoms with Gasteiger partial charge in [0, 0.05) is 37.6 Å². The van der Waals surface area contributed by atoms with Gasteiger partial charge in [-0.2, -0.15) is 13.2 Å². The molecular weight excluding hydrogens is 273 g/mol. The van der Waals surface area contributed by atoms with Gasteiger partial charge in [-0.25, -0.2) is 0 Å². The molecule has 0 N–H and O–H groups in total. The largest absolute Gasteiger partial charge is 0.454 e. The summed E-state index contributed by atoms with van der Waals surface area (Å²) in [6, 6.07) is 1.19. The molecule has 2 rings (SSSR count). The number of ketones is 1. The fourth-order valence-electron chi connectivity index (χ4n) is 2.27. The Hall–Kier alpha value is -1.34. The zero-order valence-corrected chi connectivity index (χ0v) is 11.2. The predicted octanol–water partition coefficient (Wildman–Crippen LogP) is 1.95. The van der Waals surface area contributed by atoms with Crippen molar-refractivity contribution in [3.63, 3.8) is 0 Å². The molecule has 1 aromatic rings. The van der Waals surface area contributed by atoms with Crippen molar-refractivity contribution >= 4 is 5.78 Å². The first kappa shape index (κ1) is 15.1. The van der Waals surface area contributed by atoms with Crippen molar-refractivity contribution in [2.24, 2.45) is 0 Å². The van der Waals surface area contributed by atoms with E-state index in [1.807, 2.05) is 0 Å². The van der Waals surface area contributed by atoms with Crippen molar-refractivity contribution in [1.29, 1.82) is 0 Å². The van der Waals surface area contributed by atoms with Crippen molar-refractivity contribution in [1.82, 2.24) is 9.47 Å². The Morgan fingerprint density at radius 3 is 2.90 bits per heavy atom. The normalized spacial score (nSPS) is 21.1. The zero-order valence-electron chi connectivity index (χ0n) is 11.2. The van der Waals surface area contributed by atoms with Crippen molar-refractivity contribution in [2.45, 2.75) is 25.7 Å². The van der Waals surface area contributed by atoms with Crippen molar-refractivity contribution in [3.8, 4) is 0 Å². The minimum absolute atomic E-state index is 0.0649. The number of hydrogen-bond acceptors (Lipinski definition) is 3. The Labute approximate surface area is 115 Å². The average molecular weight is 290 g/mol. The number of nitrogens with zero attached hydrogens (tertiary/aromatic N) is 2. The van der Waals surface area contributed by atoms with Crippen LogP contribution in [-0.2, 0) is 11.3 Å². The number of carbonyl (C=O) groups excluding carboxylic acids is 1. The first-order valence-electron chi connectivity index (χ1n) is 6.51. The van der Waals surface area contributed by atoms with E-state index in [1.165, 1.54) is 18.5 Å². The standard InChI is InChI=1S/C13H17F3N2O2/c1-2-17-5-6-20-11(8-17)9-18-4-3-10(7-18)12(19)13(14,15)16/h3-4,7,11H,2,5-6,8-9H2,1H3. The summed E-state index contributed by atoms with van der Waals surface area (Å²) >= 11 is 0. The van der Waals surface area contributed by atoms with E-state index >= 15 is 0 Å². The average Bonchev–Trinajstić information content (AvgIpc) is 2.85. The topological polar surface area (TPSA) is 34.5 Å². The molecule has 0 aliphatic carbocycles. The summed E-state index contributed by atoms with van der Waals surface area (Å²) in [5.41, 5.74) is -0.333. The Morgan fingerprint density at radius 2 is 2.25 bits per heavy atom. The molecule has 1 saturated heterocycles. The lowest BCUT2D eigenvalue weighted by atomic mass is 10.2. The molecule has 1 fully saturated rings. The number of ether oxygens (including phenoxy) is 1. The molecule has 20 heavy (non-hydrogen) atoms. The van der Waals surface area contributed by atoms with Gasteiger partial charge < -0.3 is 9.30 Å². The summed E-state index contributed by atoms with van der Waals surface area (Å²) in [7, 11) is 0. The third-order valence-electron chi connectivity index (χ3n) is 3.35. The number of Topliss-reactive ketones (excluding diaryl/α,β-unsaturated/α-hetero) is 1. The third-order valence-corrected chi connectivity index (χ3v) is 3.35. The lowest BCUT2D eigenvalue weighted by molar-refractivity contribution is -0.0885. The second-order valence-electron chi connectivity index (χ2n) is 4.81. The van der Waals surface area contributed by atoms with Crippen LogP contribution in [0, 0.1) is 0 Å². The van der Waals surface area contributed by atoms with Crippen molar-refractivity contribution in [2.75, 3.05) is 26.2 Å². The number of rotatable bonds is 4. The predicted molar refractivity (Wildman–Crippen MR) is 66.7 cm³/mol. The van der Waals surface area contributed by atoms with E-state index in [2.05, 4.69) is 11.8 Å². The molecule has 1 atom stereocenters. The Bertz CT molecular complexity index is 470. The quantitative estimate of drug-likeness (QED) is 0.795. The van der Waals surface area contributed by atoms with Crippen LogP contribution in [-0.4, -0.2) is 53.8 Å². The summed E-state index contributed by atoms with van der Waals surface area (Å²) in [6.07, 6.45) is -2.19. The van der Waals surface area contributed by atoms with E-state index in [9.17, 15) is 18.0 Å². The van der Waals surface area contributed by atoms with E-state index in [4.69, 9.17) is 4.74 Å². The van der Waals surface area contributed by atoms with Gasteiger partial charge in [-0.3, -0.25) is 9.69 Å². The molecule has 0 saturated carbocycles. The third kappa shape index (κ3) is 3.61. The van der Waals surface area contributed by atoms with Crippen LogP contribution in [0.4, 0.5) is 13.2 Å². The van der Waals surface area contributed by atoms with Crippen LogP contribution in [0.15, 0.2) is 18.5 Å². The van der Waals surface area contributed by atoms with E-state index in [1.54, 1.807) is 4.57 Å². The van der Waals surface area contributed by atoms with Crippen molar-refractivity contribution in [3.05, 3.63) is 24.0 Å². The Morgan fingerprint density at radius 1 is 1.50 bits per heavy atom. The lowest BCUT2D eigenvalue weighted by Crippen LogP contribution is -2.43. The van der Waals surface area contributed by atoms with E-state index in [0.717, 1.165) is 19.6 Å². The summed E-state index contributed by atoms with van der Waals surface area (Å²) in [5, 5.41) is 0. The molecule has 112 valence electrons. The zero-order chi connectivity index (χ0) is 14.8. The van der Waals surface area contributed by atoms with Gasteiger partial charge in [-0.05, 0) is 12.6 Å². The molecule has 1 aromatic heterocycles. The highest BCUT2D eigenvalue weighted by molar-refractivity contribution is 6.00. The number of morpholine rings is 1. The van der Waals surface area contributed by atoms with Gasteiger partial charge in [0.05, 0.1) is 12.7 Å². The molecule has 1 aliphatic rings. The molecule has 4 nitrogen and oxygen atoms in total. The van der Waals surface area contributed by atoms with Gasteiger partial charge in [0.1, 0.15) is 0 Å². The first-order chi connectivity index (χ1) is 9.40. The van der Waals surface area contributed by atoms with Crippen LogP contribution in [0.1, 0.15) is 17.3 Å². The monoisotopic (exact) mass is 290 g/mol. The molecular formula is C13H17F3N2O2. The molecule has 0 bridgehead atoms.